The number of rotatable bonds is 5. The molecule has 2 aromatic rings. The summed E-state index contributed by atoms with van der Waals surface area (Å²) in [7, 11) is -4.36. The van der Waals surface area contributed by atoms with Crippen LogP contribution in [0.4, 0.5) is 11.4 Å². The molecule has 0 bridgehead atoms. The number of nitrogens with one attached hydrogen (secondary N) is 1. The number of anilines is 2. The van der Waals surface area contributed by atoms with Crippen molar-refractivity contribution in [2.24, 2.45) is 4.36 Å². The summed E-state index contributed by atoms with van der Waals surface area (Å²) in [4.78, 5) is 16.4. The summed E-state index contributed by atoms with van der Waals surface area (Å²) in [5, 5.41) is 0.0339. The molecule has 1 atom stereocenters. The third-order valence-corrected chi connectivity index (χ3v) is 11.6. The van der Waals surface area contributed by atoms with Gasteiger partial charge < -0.3 is 4.90 Å². The van der Waals surface area contributed by atoms with Gasteiger partial charge >= 0.3 is 0 Å². The van der Waals surface area contributed by atoms with Crippen LogP contribution in [0.25, 0.3) is 0 Å². The highest BCUT2D eigenvalue weighted by Gasteiger charge is 2.45. The first kappa shape index (κ1) is 25.3. The number of hydrogen-bond donors (Lipinski definition) is 1. The van der Waals surface area contributed by atoms with Crippen molar-refractivity contribution in [2.45, 2.75) is 73.3 Å². The summed E-state index contributed by atoms with van der Waals surface area (Å²) in [6.07, 6.45) is 10.4. The second-order valence-corrected chi connectivity index (χ2v) is 14.9. The minimum Gasteiger partial charge on any atom is -0.307 e. The van der Waals surface area contributed by atoms with Crippen molar-refractivity contribution in [1.29, 1.82) is 0 Å². The zero-order chi connectivity index (χ0) is 25.6. The average molecular weight is 530 g/mol. The van der Waals surface area contributed by atoms with Gasteiger partial charge in [0.15, 0.2) is 0 Å². The predicted molar refractivity (Wildman–Crippen MR) is 145 cm³/mol. The third kappa shape index (κ3) is 4.56. The lowest BCUT2D eigenvalue weighted by molar-refractivity contribution is 0.0982. The zero-order valence-corrected chi connectivity index (χ0v) is 22.7. The van der Waals surface area contributed by atoms with Gasteiger partial charge in [-0.1, -0.05) is 38.2 Å². The molecule has 36 heavy (non-hydrogen) atoms. The van der Waals surface area contributed by atoms with Crippen molar-refractivity contribution in [3.63, 3.8) is 0 Å². The molecular weight excluding hydrogens is 494 g/mol. The summed E-state index contributed by atoms with van der Waals surface area (Å²) >= 11 is 0. The quantitative estimate of drug-likeness (QED) is 0.567. The molecule has 1 heterocycles. The molecule has 1 N–H and O–H groups in total. The van der Waals surface area contributed by atoms with Gasteiger partial charge in [0, 0.05) is 46.1 Å². The Balaban J connectivity index is 1.52. The van der Waals surface area contributed by atoms with Gasteiger partial charge in [-0.2, -0.15) is 0 Å². The van der Waals surface area contributed by atoms with Crippen LogP contribution in [-0.2, 0) is 25.2 Å². The Labute approximate surface area is 214 Å². The van der Waals surface area contributed by atoms with E-state index in [-0.39, 0.29) is 16.6 Å². The number of carbonyl (C=O) groups is 1. The molecule has 2 aliphatic carbocycles. The minimum absolute atomic E-state index is 0.0339. The highest BCUT2D eigenvalue weighted by Crippen LogP contribution is 2.50. The molecule has 0 radical (unpaired) electrons. The van der Waals surface area contributed by atoms with E-state index in [0.29, 0.717) is 22.7 Å². The van der Waals surface area contributed by atoms with E-state index in [0.717, 1.165) is 68.9 Å². The zero-order valence-electron chi connectivity index (χ0n) is 21.0. The Hall–Kier alpha value is -2.39. The summed E-state index contributed by atoms with van der Waals surface area (Å²) in [5.74, 6) is -0.117. The van der Waals surface area contributed by atoms with Crippen molar-refractivity contribution in [1.82, 2.24) is 0 Å². The van der Waals surface area contributed by atoms with Gasteiger partial charge in [-0.3, -0.25) is 9.52 Å². The van der Waals surface area contributed by atoms with Crippen molar-refractivity contribution in [3.05, 3.63) is 53.6 Å². The highest BCUT2D eigenvalue weighted by molar-refractivity contribution is 7.94. The highest BCUT2D eigenvalue weighted by atomic mass is 32.2. The first-order valence-corrected chi connectivity index (χ1v) is 16.3. The molecule has 1 spiro atoms. The number of nitrogens with zero attached hydrogens (tertiary/aromatic N) is 2. The van der Waals surface area contributed by atoms with Gasteiger partial charge in [-0.15, -0.1) is 0 Å². The molecule has 2 aromatic carbocycles. The average Bonchev–Trinajstić information content (AvgIpc) is 3.51. The van der Waals surface area contributed by atoms with Crippen LogP contribution in [0.1, 0.15) is 73.7 Å². The number of fused-ring (bicyclic) bond motifs is 2. The molecule has 1 aliphatic heterocycles. The Morgan fingerprint density at radius 3 is 2.39 bits per heavy atom. The number of benzene rings is 2. The Morgan fingerprint density at radius 2 is 1.72 bits per heavy atom. The van der Waals surface area contributed by atoms with Gasteiger partial charge in [0.05, 0.1) is 16.0 Å². The molecule has 3 aliphatic rings. The van der Waals surface area contributed by atoms with Crippen LogP contribution in [0.2, 0.25) is 0 Å². The lowest BCUT2D eigenvalue weighted by Gasteiger charge is -2.34. The first-order valence-electron chi connectivity index (χ1n) is 12.8. The summed E-state index contributed by atoms with van der Waals surface area (Å²) in [5.41, 5.74) is 2.74. The first-order chi connectivity index (χ1) is 17.2. The van der Waals surface area contributed by atoms with Gasteiger partial charge in [-0.05, 0) is 67.6 Å². The maximum atomic E-state index is 13.9. The van der Waals surface area contributed by atoms with Crippen LogP contribution in [0.5, 0.6) is 0 Å². The summed E-state index contributed by atoms with van der Waals surface area (Å²) in [6.45, 7) is 0.573. The number of amides is 1. The van der Waals surface area contributed by atoms with Gasteiger partial charge in [-0.25, -0.2) is 17.0 Å². The SMILES string of the molecule is CN=S(=O)(c1cccc(C(=O)N2CC3(CCCCC3)c3cc(NS(C)(=O)=O)ccc32)c1)C1CCCC1. The lowest BCUT2D eigenvalue weighted by Crippen LogP contribution is -2.38. The van der Waals surface area contributed by atoms with E-state index in [4.69, 9.17) is 0 Å². The normalized spacial score (nSPS) is 21.2. The van der Waals surface area contributed by atoms with Crippen LogP contribution < -0.4 is 9.62 Å². The maximum absolute atomic E-state index is 13.9. The topological polar surface area (TPSA) is 95.9 Å². The molecule has 9 heteroatoms. The van der Waals surface area contributed by atoms with Crippen molar-refractivity contribution in [3.8, 4) is 0 Å². The lowest BCUT2D eigenvalue weighted by atomic mass is 9.70. The number of carbonyl (C=O) groups excluding carboxylic acids is 1. The molecule has 0 aromatic heterocycles. The monoisotopic (exact) mass is 529 g/mol. The van der Waals surface area contributed by atoms with E-state index in [1.165, 1.54) is 6.42 Å². The molecule has 0 saturated heterocycles. The molecule has 1 unspecified atom stereocenters. The summed E-state index contributed by atoms with van der Waals surface area (Å²) in [6, 6.07) is 12.7. The molecule has 1 amide bonds. The molecule has 5 rings (SSSR count). The Kier molecular flexibility index (Phi) is 6.66. The van der Waals surface area contributed by atoms with E-state index in [1.807, 2.05) is 29.2 Å². The largest absolute Gasteiger partial charge is 0.307 e. The fourth-order valence-electron chi connectivity index (χ4n) is 6.41. The van der Waals surface area contributed by atoms with Crippen LogP contribution in [0, 0.1) is 0 Å². The van der Waals surface area contributed by atoms with Crippen LogP contribution in [0.3, 0.4) is 0 Å². The predicted octanol–water partition coefficient (Wildman–Crippen LogP) is 5.32. The fourth-order valence-corrected chi connectivity index (χ4v) is 9.40. The molecule has 2 saturated carbocycles. The van der Waals surface area contributed by atoms with Crippen molar-refractivity contribution >= 4 is 37.0 Å². The Bertz CT molecular complexity index is 1400. The number of hydrogen-bond acceptors (Lipinski definition) is 5. The Morgan fingerprint density at radius 1 is 1.00 bits per heavy atom. The fraction of sp³-hybridized carbons (Fsp3) is 0.519. The van der Waals surface area contributed by atoms with Crippen LogP contribution >= 0.6 is 0 Å². The van der Waals surface area contributed by atoms with E-state index < -0.39 is 19.8 Å². The van der Waals surface area contributed by atoms with Crippen molar-refractivity contribution in [2.75, 3.05) is 29.5 Å². The molecule has 2 fully saturated rings. The summed E-state index contributed by atoms with van der Waals surface area (Å²) < 4.78 is 44.6. The minimum atomic E-state index is -3.40. The van der Waals surface area contributed by atoms with E-state index in [1.54, 1.807) is 25.2 Å². The third-order valence-electron chi connectivity index (χ3n) is 8.12. The second-order valence-electron chi connectivity index (χ2n) is 10.5. The molecular formula is C27H35N3O4S2. The molecule has 194 valence electrons. The van der Waals surface area contributed by atoms with Crippen molar-refractivity contribution < 1.29 is 17.4 Å². The smallest absolute Gasteiger partial charge is 0.258 e. The van der Waals surface area contributed by atoms with Crippen LogP contribution in [0.15, 0.2) is 51.7 Å². The van der Waals surface area contributed by atoms with E-state index in [2.05, 4.69) is 9.08 Å². The van der Waals surface area contributed by atoms with Gasteiger partial charge in [0.2, 0.25) is 10.0 Å². The number of sulfonamides is 1. The second kappa shape index (κ2) is 9.49. The molecule has 7 nitrogen and oxygen atoms in total. The van der Waals surface area contributed by atoms with Crippen LogP contribution in [-0.4, -0.2) is 43.6 Å². The maximum Gasteiger partial charge on any atom is 0.258 e. The van der Waals surface area contributed by atoms with E-state index in [9.17, 15) is 17.4 Å². The van der Waals surface area contributed by atoms with Gasteiger partial charge in [0.1, 0.15) is 0 Å². The van der Waals surface area contributed by atoms with Gasteiger partial charge in [0.25, 0.3) is 5.91 Å². The van der Waals surface area contributed by atoms with E-state index >= 15 is 0 Å². The standard InChI is InChI=1S/C27H35N3O4S2/c1-28-36(34,22-10-4-5-11-22)23-12-8-9-20(17-23)26(31)30-19-27(15-6-3-7-16-27)24-18-21(13-14-25(24)30)29-35(2,32)33/h8-9,12-14,17-18,22,29H,3-7,10-11,15-16,19H2,1-2H3.